The van der Waals surface area contributed by atoms with Gasteiger partial charge in [-0.3, -0.25) is 9.48 Å². The molecule has 0 saturated carbocycles. The fourth-order valence-electron chi connectivity index (χ4n) is 3.56. The van der Waals surface area contributed by atoms with E-state index in [1.54, 1.807) is 12.3 Å². The zero-order chi connectivity index (χ0) is 21.6. The number of amides is 1. The number of hydrogen-bond acceptors (Lipinski definition) is 6. The van der Waals surface area contributed by atoms with Gasteiger partial charge in [-0.2, -0.15) is 10.2 Å². The number of aryl methyl sites for hydroxylation is 1. The Morgan fingerprint density at radius 1 is 1.40 bits per heavy atom. The maximum absolute atomic E-state index is 14.2. The van der Waals surface area contributed by atoms with Gasteiger partial charge in [-0.05, 0) is 6.07 Å². The van der Waals surface area contributed by atoms with Gasteiger partial charge in [0.25, 0.3) is 18.3 Å². The highest BCUT2D eigenvalue weighted by atomic mass is 19.3. The van der Waals surface area contributed by atoms with Crippen LogP contribution in [-0.2, 0) is 7.05 Å². The molecule has 4 heterocycles. The number of rotatable bonds is 4. The van der Waals surface area contributed by atoms with E-state index < -0.39 is 43.0 Å². The van der Waals surface area contributed by atoms with Crippen LogP contribution in [0.3, 0.4) is 0 Å². The van der Waals surface area contributed by atoms with Crippen molar-refractivity contribution in [2.24, 2.45) is 12.8 Å². The lowest BCUT2D eigenvalue weighted by Crippen LogP contribution is -2.60. The smallest absolute Gasteiger partial charge is 0.284 e. The van der Waals surface area contributed by atoms with Crippen molar-refractivity contribution in [3.05, 3.63) is 42.1 Å². The molecule has 1 atom stereocenters. The number of piperidine rings is 1. The molecule has 0 radical (unpaired) electrons. The second-order valence-electron chi connectivity index (χ2n) is 7.10. The maximum atomic E-state index is 14.2. The molecule has 0 aliphatic carbocycles. The Bertz CT molecular complexity index is 1080. The van der Waals surface area contributed by atoms with Gasteiger partial charge < -0.3 is 5.73 Å². The summed E-state index contributed by atoms with van der Waals surface area (Å²) in [7, 11) is 1.39. The molecule has 1 saturated heterocycles. The second kappa shape index (κ2) is 7.32. The van der Waals surface area contributed by atoms with Crippen LogP contribution >= 0.6 is 0 Å². The van der Waals surface area contributed by atoms with Crippen LogP contribution in [0.2, 0.25) is 0 Å². The van der Waals surface area contributed by atoms with Gasteiger partial charge in [0.1, 0.15) is 11.3 Å². The summed E-state index contributed by atoms with van der Waals surface area (Å²) in [6.45, 7) is -0.998. The first-order chi connectivity index (χ1) is 14.2. The fraction of sp³-hybridized carbons (Fsp3) is 0.412. The highest BCUT2D eigenvalue weighted by Crippen LogP contribution is 2.34. The predicted octanol–water partition coefficient (Wildman–Crippen LogP) is 1.63. The van der Waals surface area contributed by atoms with E-state index in [1.807, 2.05) is 0 Å². The third-order valence-corrected chi connectivity index (χ3v) is 4.68. The number of hydrogen-bond donors (Lipinski definition) is 1. The van der Waals surface area contributed by atoms with E-state index in [1.165, 1.54) is 30.2 Å². The highest BCUT2D eigenvalue weighted by Gasteiger charge is 2.44. The predicted molar refractivity (Wildman–Crippen MR) is 97.1 cm³/mol. The summed E-state index contributed by atoms with van der Waals surface area (Å²) < 4.78 is 58.1. The second-order valence-corrected chi connectivity index (χ2v) is 7.10. The summed E-state index contributed by atoms with van der Waals surface area (Å²) in [5.41, 5.74) is 4.87. The van der Waals surface area contributed by atoms with Gasteiger partial charge in [-0.1, -0.05) is 0 Å². The highest BCUT2D eigenvalue weighted by molar-refractivity contribution is 6.09. The summed E-state index contributed by atoms with van der Waals surface area (Å²) in [5.74, 6) is -4.05. The average Bonchev–Trinajstić information content (AvgIpc) is 3.24. The number of carbonyl (C=O) groups excluding carboxylic acids is 1. The Balaban J connectivity index is 1.85. The molecule has 2 N–H and O–H groups in total. The van der Waals surface area contributed by atoms with Crippen LogP contribution in [0.5, 0.6) is 0 Å². The largest absolute Gasteiger partial charge is 0.326 e. The van der Waals surface area contributed by atoms with Crippen LogP contribution in [0.4, 0.5) is 23.2 Å². The quantitative estimate of drug-likeness (QED) is 0.637. The third kappa shape index (κ3) is 3.61. The number of halogens is 4. The Kier molecular flexibility index (Phi) is 4.94. The van der Waals surface area contributed by atoms with Crippen LogP contribution in [0.1, 0.15) is 28.9 Å². The van der Waals surface area contributed by atoms with Crippen molar-refractivity contribution in [2.45, 2.75) is 24.8 Å². The van der Waals surface area contributed by atoms with E-state index in [0.717, 1.165) is 14.7 Å². The average molecular weight is 426 g/mol. The number of nitrogens with zero attached hydrogens (tertiary/aromatic N) is 7. The van der Waals surface area contributed by atoms with E-state index in [-0.39, 0.29) is 23.4 Å². The SMILES string of the molecule is Cn1cc(N(C(=O)c2cnn3cccnc23)N2C[C@@H](N)CC(F)(F)C2)c(C(F)F)n1. The Morgan fingerprint density at radius 2 is 2.17 bits per heavy atom. The van der Waals surface area contributed by atoms with Crippen molar-refractivity contribution in [1.82, 2.24) is 29.4 Å². The molecule has 1 aliphatic heterocycles. The van der Waals surface area contributed by atoms with Crippen molar-refractivity contribution < 1.29 is 22.4 Å². The van der Waals surface area contributed by atoms with Gasteiger partial charge in [0.05, 0.1) is 18.9 Å². The fourth-order valence-corrected chi connectivity index (χ4v) is 3.56. The zero-order valence-electron chi connectivity index (χ0n) is 15.8. The Hall–Kier alpha value is -3.06. The minimum absolute atomic E-state index is 0.0397. The summed E-state index contributed by atoms with van der Waals surface area (Å²) in [5, 5.41) is 9.47. The van der Waals surface area contributed by atoms with Gasteiger partial charge in [-0.25, -0.2) is 37.1 Å². The van der Waals surface area contributed by atoms with Crippen LogP contribution in [0.25, 0.3) is 5.65 Å². The van der Waals surface area contributed by atoms with Crippen LogP contribution in [-0.4, -0.2) is 60.3 Å². The minimum Gasteiger partial charge on any atom is -0.326 e. The molecule has 9 nitrogen and oxygen atoms in total. The van der Waals surface area contributed by atoms with Crippen molar-refractivity contribution >= 4 is 17.2 Å². The van der Waals surface area contributed by atoms with Gasteiger partial charge in [-0.15, -0.1) is 0 Å². The van der Waals surface area contributed by atoms with E-state index in [2.05, 4.69) is 15.2 Å². The van der Waals surface area contributed by atoms with Gasteiger partial charge in [0.15, 0.2) is 11.3 Å². The standard InChI is InChI=1S/C17H18F4N8O/c1-26-8-12(13(25-26)14(18)19)29(27-7-10(22)5-17(20,21)9-27)16(30)11-6-24-28-4-2-3-23-15(11)28/h2-4,6,8,10,14H,5,7,9,22H2,1H3/t10-/m0/s1. The summed E-state index contributed by atoms with van der Waals surface area (Å²) in [6, 6.07) is 0.629. The monoisotopic (exact) mass is 426 g/mol. The lowest BCUT2D eigenvalue weighted by Gasteiger charge is -2.41. The van der Waals surface area contributed by atoms with Gasteiger partial charge in [0.2, 0.25) is 0 Å². The molecule has 0 spiro atoms. The first kappa shape index (κ1) is 20.2. The Morgan fingerprint density at radius 3 is 2.87 bits per heavy atom. The molecule has 0 bridgehead atoms. The molecule has 3 aromatic heterocycles. The lowest BCUT2D eigenvalue weighted by molar-refractivity contribution is -0.0715. The van der Waals surface area contributed by atoms with Crippen LogP contribution in [0.15, 0.2) is 30.9 Å². The molecular weight excluding hydrogens is 408 g/mol. The minimum atomic E-state index is -3.21. The summed E-state index contributed by atoms with van der Waals surface area (Å²) >= 11 is 0. The molecule has 0 aromatic carbocycles. The molecule has 1 aliphatic rings. The third-order valence-electron chi connectivity index (χ3n) is 4.68. The van der Waals surface area contributed by atoms with E-state index >= 15 is 0 Å². The van der Waals surface area contributed by atoms with Crippen molar-refractivity contribution in [2.75, 3.05) is 18.1 Å². The topological polar surface area (TPSA) is 97.6 Å². The molecule has 3 aromatic rings. The number of fused-ring (bicyclic) bond motifs is 1. The first-order valence-corrected chi connectivity index (χ1v) is 8.99. The molecule has 0 unspecified atom stereocenters. The molecule has 1 amide bonds. The molecule has 160 valence electrons. The molecule has 13 heteroatoms. The van der Waals surface area contributed by atoms with E-state index in [0.29, 0.717) is 0 Å². The number of hydrazine groups is 1. The molecule has 1 fully saturated rings. The normalized spacial score (nSPS) is 19.5. The van der Waals surface area contributed by atoms with Gasteiger partial charge >= 0.3 is 0 Å². The molecular formula is C17H18F4N8O. The zero-order valence-corrected chi connectivity index (χ0v) is 15.8. The van der Waals surface area contributed by atoms with E-state index in [9.17, 15) is 22.4 Å². The van der Waals surface area contributed by atoms with E-state index in [4.69, 9.17) is 5.73 Å². The lowest BCUT2D eigenvalue weighted by atomic mass is 10.0. The number of aromatic nitrogens is 5. The van der Waals surface area contributed by atoms with Crippen molar-refractivity contribution in [3.8, 4) is 0 Å². The Labute approximate surface area is 167 Å². The number of anilines is 1. The summed E-state index contributed by atoms with van der Waals surface area (Å²) in [4.78, 5) is 17.5. The van der Waals surface area contributed by atoms with Crippen LogP contribution < -0.4 is 10.7 Å². The summed E-state index contributed by atoms with van der Waals surface area (Å²) in [6.07, 6.45) is 1.76. The maximum Gasteiger partial charge on any atom is 0.284 e. The van der Waals surface area contributed by atoms with Crippen molar-refractivity contribution in [3.63, 3.8) is 0 Å². The number of alkyl halides is 4. The molecule has 4 rings (SSSR count). The van der Waals surface area contributed by atoms with Crippen LogP contribution in [0, 0.1) is 0 Å². The first-order valence-electron chi connectivity index (χ1n) is 8.99. The van der Waals surface area contributed by atoms with Crippen molar-refractivity contribution in [1.29, 1.82) is 0 Å². The number of nitrogens with two attached hydrogens (primary N) is 1. The molecule has 30 heavy (non-hydrogen) atoms. The van der Waals surface area contributed by atoms with Gasteiger partial charge in [0, 0.05) is 38.4 Å². The number of carbonyl (C=O) groups is 1.